The zero-order valence-electron chi connectivity index (χ0n) is 12.8. The molecule has 4 heteroatoms. The van der Waals surface area contributed by atoms with E-state index in [1.54, 1.807) is 12.3 Å². The van der Waals surface area contributed by atoms with E-state index in [1.807, 2.05) is 37.3 Å². The quantitative estimate of drug-likeness (QED) is 0.795. The molecule has 0 atom stereocenters. The van der Waals surface area contributed by atoms with Gasteiger partial charge in [-0.2, -0.15) is 0 Å². The monoisotopic (exact) mass is 295 g/mol. The molecule has 4 nitrogen and oxygen atoms in total. The Morgan fingerprint density at radius 3 is 2.55 bits per heavy atom. The van der Waals surface area contributed by atoms with Gasteiger partial charge in [-0.15, -0.1) is 0 Å². The molecule has 1 aromatic heterocycles. The lowest BCUT2D eigenvalue weighted by atomic mass is 9.94. The summed E-state index contributed by atoms with van der Waals surface area (Å²) in [5.41, 5.74) is 3.81. The molecule has 1 N–H and O–H groups in total. The summed E-state index contributed by atoms with van der Waals surface area (Å²) in [5.74, 6) is 0.790. The van der Waals surface area contributed by atoms with E-state index in [4.69, 9.17) is 9.47 Å². The largest absolute Gasteiger partial charge is 0.502 e. The molecule has 0 aliphatic heterocycles. The number of methoxy groups -OCH3 is 2. The van der Waals surface area contributed by atoms with E-state index in [9.17, 15) is 5.11 Å². The molecule has 0 aliphatic carbocycles. The van der Waals surface area contributed by atoms with Crippen LogP contribution in [-0.4, -0.2) is 24.3 Å². The number of rotatable bonds is 3. The fraction of sp³-hybridized carbons (Fsp3) is 0.167. The van der Waals surface area contributed by atoms with E-state index < -0.39 is 0 Å². The summed E-state index contributed by atoms with van der Waals surface area (Å²) in [4.78, 5) is 4.39. The Hall–Kier alpha value is -2.75. The number of phenols is 1. The predicted octanol–water partition coefficient (Wildman–Crippen LogP) is 3.93. The number of ether oxygens (including phenoxy) is 2. The Morgan fingerprint density at radius 2 is 1.82 bits per heavy atom. The number of phenolic OH excluding ortho intramolecular Hbond substituents is 1. The molecule has 0 saturated heterocycles. The molecule has 0 radical (unpaired) electrons. The first-order valence-electron chi connectivity index (χ1n) is 6.96. The third kappa shape index (κ3) is 2.13. The van der Waals surface area contributed by atoms with Crippen LogP contribution in [0.2, 0.25) is 0 Å². The molecule has 0 spiro atoms. The average molecular weight is 295 g/mol. The number of hydrogen-bond donors (Lipinski definition) is 1. The molecule has 3 aromatic rings. The standard InChI is InChI=1S/C18H17NO3/c1-11-6-8-14-12(5-4-10-19-14)16(11)13-7-9-15(21-2)17(20)18(13)22-3/h4-10,20H,1-3H3. The van der Waals surface area contributed by atoms with Crippen molar-refractivity contribution in [3.05, 3.63) is 48.2 Å². The molecule has 0 bridgehead atoms. The Labute approximate surface area is 129 Å². The molecule has 22 heavy (non-hydrogen) atoms. The predicted molar refractivity (Wildman–Crippen MR) is 86.7 cm³/mol. The van der Waals surface area contributed by atoms with Crippen molar-refractivity contribution in [2.24, 2.45) is 0 Å². The van der Waals surface area contributed by atoms with Crippen LogP contribution in [0.5, 0.6) is 17.2 Å². The van der Waals surface area contributed by atoms with Gasteiger partial charge in [-0.1, -0.05) is 12.1 Å². The molecular formula is C18H17NO3. The number of benzene rings is 2. The van der Waals surface area contributed by atoms with Crippen LogP contribution in [0.25, 0.3) is 22.0 Å². The van der Waals surface area contributed by atoms with Crippen LogP contribution in [0, 0.1) is 6.92 Å². The van der Waals surface area contributed by atoms with Crippen molar-refractivity contribution in [3.8, 4) is 28.4 Å². The summed E-state index contributed by atoms with van der Waals surface area (Å²) in [6.45, 7) is 2.03. The smallest absolute Gasteiger partial charge is 0.201 e. The second kappa shape index (κ2) is 5.56. The van der Waals surface area contributed by atoms with Crippen LogP contribution in [0.4, 0.5) is 0 Å². The third-order valence-electron chi connectivity index (χ3n) is 3.78. The normalized spacial score (nSPS) is 10.7. The summed E-state index contributed by atoms with van der Waals surface area (Å²) < 4.78 is 10.6. The number of aryl methyl sites for hydroxylation is 1. The molecule has 0 fully saturated rings. The van der Waals surface area contributed by atoms with Crippen molar-refractivity contribution < 1.29 is 14.6 Å². The summed E-state index contributed by atoms with van der Waals surface area (Å²) in [6.07, 6.45) is 1.77. The fourth-order valence-electron chi connectivity index (χ4n) is 2.74. The summed E-state index contributed by atoms with van der Waals surface area (Å²) in [6, 6.07) is 11.6. The third-order valence-corrected chi connectivity index (χ3v) is 3.78. The first-order chi connectivity index (χ1) is 10.7. The SMILES string of the molecule is COc1ccc(-c2c(C)ccc3ncccc23)c(OC)c1O. The molecule has 2 aromatic carbocycles. The molecule has 0 unspecified atom stereocenters. The highest BCUT2D eigenvalue weighted by Crippen LogP contribution is 2.45. The maximum atomic E-state index is 10.3. The van der Waals surface area contributed by atoms with Crippen molar-refractivity contribution in [1.82, 2.24) is 4.98 Å². The van der Waals surface area contributed by atoms with Gasteiger partial charge in [-0.25, -0.2) is 0 Å². The molecule has 0 aliphatic rings. The van der Waals surface area contributed by atoms with Gasteiger partial charge in [-0.05, 0) is 42.3 Å². The highest BCUT2D eigenvalue weighted by Gasteiger charge is 2.18. The van der Waals surface area contributed by atoms with Crippen molar-refractivity contribution in [2.45, 2.75) is 6.92 Å². The van der Waals surface area contributed by atoms with Crippen LogP contribution >= 0.6 is 0 Å². The van der Waals surface area contributed by atoms with Gasteiger partial charge in [0.1, 0.15) is 0 Å². The first-order valence-corrected chi connectivity index (χ1v) is 6.96. The Bertz CT molecular complexity index is 843. The van der Waals surface area contributed by atoms with Gasteiger partial charge in [0.15, 0.2) is 11.5 Å². The molecule has 0 amide bonds. The van der Waals surface area contributed by atoms with E-state index >= 15 is 0 Å². The van der Waals surface area contributed by atoms with Gasteiger partial charge >= 0.3 is 0 Å². The van der Waals surface area contributed by atoms with Crippen LogP contribution in [-0.2, 0) is 0 Å². The Morgan fingerprint density at radius 1 is 1.00 bits per heavy atom. The fourth-order valence-corrected chi connectivity index (χ4v) is 2.74. The zero-order valence-corrected chi connectivity index (χ0v) is 12.8. The number of pyridine rings is 1. The summed E-state index contributed by atoms with van der Waals surface area (Å²) in [5, 5.41) is 11.3. The second-order valence-electron chi connectivity index (χ2n) is 5.02. The van der Waals surface area contributed by atoms with Crippen LogP contribution in [0.3, 0.4) is 0 Å². The van der Waals surface area contributed by atoms with Gasteiger partial charge < -0.3 is 14.6 Å². The van der Waals surface area contributed by atoms with Gasteiger partial charge in [0.2, 0.25) is 5.75 Å². The van der Waals surface area contributed by atoms with E-state index in [1.165, 1.54) is 14.2 Å². The molecule has 3 rings (SSSR count). The van der Waals surface area contributed by atoms with Crippen LogP contribution in [0.1, 0.15) is 5.56 Å². The number of hydrogen-bond acceptors (Lipinski definition) is 4. The van der Waals surface area contributed by atoms with Gasteiger partial charge in [0.25, 0.3) is 0 Å². The second-order valence-corrected chi connectivity index (χ2v) is 5.02. The van der Waals surface area contributed by atoms with E-state index in [0.29, 0.717) is 11.5 Å². The van der Waals surface area contributed by atoms with E-state index in [-0.39, 0.29) is 5.75 Å². The number of aromatic hydroxyl groups is 1. The lowest BCUT2D eigenvalue weighted by Crippen LogP contribution is -1.94. The molecule has 1 heterocycles. The van der Waals surface area contributed by atoms with Crippen molar-refractivity contribution >= 4 is 10.9 Å². The average Bonchev–Trinajstić information content (AvgIpc) is 2.54. The number of fused-ring (bicyclic) bond motifs is 1. The van der Waals surface area contributed by atoms with Gasteiger partial charge in [0.05, 0.1) is 19.7 Å². The van der Waals surface area contributed by atoms with E-state index in [0.717, 1.165) is 27.6 Å². The number of nitrogens with zero attached hydrogens (tertiary/aromatic N) is 1. The maximum absolute atomic E-state index is 10.3. The van der Waals surface area contributed by atoms with Gasteiger partial charge in [-0.3, -0.25) is 4.98 Å². The molecule has 112 valence electrons. The highest BCUT2D eigenvalue weighted by atomic mass is 16.5. The Kier molecular flexibility index (Phi) is 3.59. The van der Waals surface area contributed by atoms with Crippen LogP contribution in [0.15, 0.2) is 42.6 Å². The molecule has 0 saturated carbocycles. The minimum atomic E-state index is 0.00259. The Balaban J connectivity index is 2.37. The van der Waals surface area contributed by atoms with Gasteiger partial charge in [0, 0.05) is 17.1 Å². The van der Waals surface area contributed by atoms with Crippen LogP contribution < -0.4 is 9.47 Å². The van der Waals surface area contributed by atoms with Crippen molar-refractivity contribution in [1.29, 1.82) is 0 Å². The minimum absolute atomic E-state index is 0.00259. The van der Waals surface area contributed by atoms with Crippen molar-refractivity contribution in [3.63, 3.8) is 0 Å². The maximum Gasteiger partial charge on any atom is 0.201 e. The number of aromatic nitrogens is 1. The minimum Gasteiger partial charge on any atom is -0.502 e. The summed E-state index contributed by atoms with van der Waals surface area (Å²) in [7, 11) is 3.05. The molecular weight excluding hydrogens is 278 g/mol. The van der Waals surface area contributed by atoms with Crippen molar-refractivity contribution in [2.75, 3.05) is 14.2 Å². The first kappa shape index (κ1) is 14.2. The zero-order chi connectivity index (χ0) is 15.7. The topological polar surface area (TPSA) is 51.6 Å². The van der Waals surface area contributed by atoms with E-state index in [2.05, 4.69) is 4.98 Å². The summed E-state index contributed by atoms with van der Waals surface area (Å²) >= 11 is 0. The lowest BCUT2D eigenvalue weighted by molar-refractivity contribution is 0.341. The lowest BCUT2D eigenvalue weighted by Gasteiger charge is -2.16. The highest BCUT2D eigenvalue weighted by molar-refractivity contribution is 5.98.